The summed E-state index contributed by atoms with van der Waals surface area (Å²) in [4.78, 5) is 38.3. The summed E-state index contributed by atoms with van der Waals surface area (Å²) < 4.78 is 16.9. The fourth-order valence-electron chi connectivity index (χ4n) is 9.71. The summed E-state index contributed by atoms with van der Waals surface area (Å²) in [6, 6.07) is 0. The molecule has 0 aromatic rings. The topological polar surface area (TPSA) is 78.9 Å². The van der Waals surface area contributed by atoms with Gasteiger partial charge in [0.2, 0.25) is 0 Å². The number of hydrogen-bond donors (Lipinski definition) is 0. The highest BCUT2D eigenvalue weighted by atomic mass is 16.6. The van der Waals surface area contributed by atoms with Gasteiger partial charge in [-0.2, -0.15) is 0 Å². The molecule has 0 aromatic carbocycles. The van der Waals surface area contributed by atoms with E-state index in [2.05, 4.69) is 57.2 Å². The van der Waals surface area contributed by atoms with E-state index >= 15 is 0 Å². The van der Waals surface area contributed by atoms with Crippen molar-refractivity contribution in [3.05, 3.63) is 36.5 Å². The molecular formula is C67H124O6. The zero-order valence-electron chi connectivity index (χ0n) is 49.2. The summed E-state index contributed by atoms with van der Waals surface area (Å²) in [5.74, 6) is -0.858. The van der Waals surface area contributed by atoms with Gasteiger partial charge < -0.3 is 14.2 Å². The first-order valence-corrected chi connectivity index (χ1v) is 32.5. The molecule has 6 nitrogen and oxygen atoms in total. The van der Waals surface area contributed by atoms with Crippen LogP contribution in [0.2, 0.25) is 0 Å². The second kappa shape index (κ2) is 62.2. The standard InChI is InChI=1S/C67H124O6/c1-4-7-10-13-16-19-22-25-27-29-31-32-33-34-36-37-39-42-45-48-51-54-57-60-66(69)72-63-64(62-71-65(68)59-56-53-50-47-44-41-24-21-18-15-12-9-6-3)73-67(70)61-58-55-52-49-46-43-40-38-35-30-28-26-23-20-17-14-11-8-5-2/h21-22,24-25,29,31,64H,4-20,23,26-28,30,32-63H2,1-3H3/b24-21-,25-22-,31-29-. The van der Waals surface area contributed by atoms with Crippen LogP contribution >= 0.6 is 0 Å². The van der Waals surface area contributed by atoms with Crippen LogP contribution in [-0.2, 0) is 28.6 Å². The maximum atomic E-state index is 12.9. The Morgan fingerprint density at radius 3 is 0.781 bits per heavy atom. The number of carbonyl (C=O) groups excluding carboxylic acids is 3. The molecule has 0 aliphatic heterocycles. The molecule has 1 unspecified atom stereocenters. The Kier molecular flexibility index (Phi) is 60.2. The average molecular weight is 1030 g/mol. The number of esters is 3. The molecule has 73 heavy (non-hydrogen) atoms. The first-order valence-electron chi connectivity index (χ1n) is 32.5. The lowest BCUT2D eigenvalue weighted by molar-refractivity contribution is -0.167. The number of ether oxygens (including phenoxy) is 3. The van der Waals surface area contributed by atoms with E-state index in [0.717, 1.165) is 70.6 Å². The van der Waals surface area contributed by atoms with Gasteiger partial charge in [0.1, 0.15) is 13.2 Å². The van der Waals surface area contributed by atoms with Crippen molar-refractivity contribution in [1.29, 1.82) is 0 Å². The molecule has 428 valence electrons. The average Bonchev–Trinajstić information content (AvgIpc) is 3.39. The van der Waals surface area contributed by atoms with Crippen molar-refractivity contribution < 1.29 is 28.6 Å². The largest absolute Gasteiger partial charge is 0.462 e. The summed E-state index contributed by atoms with van der Waals surface area (Å²) >= 11 is 0. The van der Waals surface area contributed by atoms with Gasteiger partial charge in [0, 0.05) is 19.3 Å². The summed E-state index contributed by atoms with van der Waals surface area (Å²) in [6.07, 6.45) is 75.8. The Morgan fingerprint density at radius 1 is 0.274 bits per heavy atom. The van der Waals surface area contributed by atoms with Crippen molar-refractivity contribution >= 4 is 17.9 Å². The smallest absolute Gasteiger partial charge is 0.306 e. The Labute approximate surface area is 455 Å². The van der Waals surface area contributed by atoms with Crippen LogP contribution in [0.3, 0.4) is 0 Å². The molecule has 0 radical (unpaired) electrons. The molecule has 0 aromatic heterocycles. The second-order valence-electron chi connectivity index (χ2n) is 22.0. The molecule has 6 heteroatoms. The molecule has 0 aliphatic carbocycles. The van der Waals surface area contributed by atoms with Crippen molar-refractivity contribution in [2.75, 3.05) is 13.2 Å². The lowest BCUT2D eigenvalue weighted by Crippen LogP contribution is -2.30. The number of hydrogen-bond acceptors (Lipinski definition) is 6. The molecule has 0 bridgehead atoms. The monoisotopic (exact) mass is 1020 g/mol. The molecule has 0 aliphatic rings. The van der Waals surface area contributed by atoms with Gasteiger partial charge in [-0.1, -0.05) is 295 Å². The van der Waals surface area contributed by atoms with Crippen LogP contribution in [0.25, 0.3) is 0 Å². The number of rotatable bonds is 60. The second-order valence-corrected chi connectivity index (χ2v) is 22.0. The number of allylic oxidation sites excluding steroid dienone is 6. The summed E-state index contributed by atoms with van der Waals surface area (Å²) in [5, 5.41) is 0. The molecule has 0 saturated heterocycles. The fraction of sp³-hybridized carbons (Fsp3) is 0.866. The lowest BCUT2D eigenvalue weighted by Gasteiger charge is -2.18. The minimum atomic E-state index is -0.774. The molecule has 0 fully saturated rings. The highest BCUT2D eigenvalue weighted by molar-refractivity contribution is 5.71. The normalized spacial score (nSPS) is 12.2. The quantitative estimate of drug-likeness (QED) is 0.0261. The van der Waals surface area contributed by atoms with Gasteiger partial charge >= 0.3 is 17.9 Å². The van der Waals surface area contributed by atoms with E-state index in [1.54, 1.807) is 0 Å². The molecule has 0 rings (SSSR count). The SMILES string of the molecule is CCCCCC/C=C\CCCCCCCC(=O)OCC(COC(=O)CCCCCCCCCCCCC/C=C\C/C=C\CCCCCCC)OC(=O)CCCCCCCCCCCCCCCCCCCCC. The van der Waals surface area contributed by atoms with Crippen LogP contribution in [0.15, 0.2) is 36.5 Å². The third-order valence-corrected chi connectivity index (χ3v) is 14.6. The van der Waals surface area contributed by atoms with Gasteiger partial charge in [-0.15, -0.1) is 0 Å². The lowest BCUT2D eigenvalue weighted by atomic mass is 10.0. The fourth-order valence-corrected chi connectivity index (χ4v) is 9.71. The third-order valence-electron chi connectivity index (χ3n) is 14.6. The molecule has 0 amide bonds. The maximum absolute atomic E-state index is 12.9. The molecule has 0 N–H and O–H groups in total. The Morgan fingerprint density at radius 2 is 0.493 bits per heavy atom. The highest BCUT2D eigenvalue weighted by Crippen LogP contribution is 2.17. The Bertz CT molecular complexity index is 1220. The van der Waals surface area contributed by atoms with Crippen LogP contribution in [0, 0.1) is 0 Å². The predicted molar refractivity (Wildman–Crippen MR) is 316 cm³/mol. The zero-order valence-corrected chi connectivity index (χ0v) is 49.2. The van der Waals surface area contributed by atoms with E-state index in [4.69, 9.17) is 14.2 Å². The minimum Gasteiger partial charge on any atom is -0.462 e. The first-order chi connectivity index (χ1) is 36.0. The zero-order chi connectivity index (χ0) is 52.9. The van der Waals surface area contributed by atoms with Crippen LogP contribution < -0.4 is 0 Å². The molecule has 0 heterocycles. The number of unbranched alkanes of at least 4 members (excludes halogenated alkanes) is 43. The Hall–Kier alpha value is -2.37. The maximum Gasteiger partial charge on any atom is 0.306 e. The van der Waals surface area contributed by atoms with E-state index in [-0.39, 0.29) is 31.1 Å². The third kappa shape index (κ3) is 60.4. The molecule has 0 saturated carbocycles. The first kappa shape index (κ1) is 70.6. The van der Waals surface area contributed by atoms with Gasteiger partial charge in [0.25, 0.3) is 0 Å². The summed E-state index contributed by atoms with van der Waals surface area (Å²) in [7, 11) is 0. The van der Waals surface area contributed by atoms with Crippen molar-refractivity contribution in [1.82, 2.24) is 0 Å². The van der Waals surface area contributed by atoms with E-state index < -0.39 is 6.10 Å². The van der Waals surface area contributed by atoms with Crippen molar-refractivity contribution in [3.8, 4) is 0 Å². The van der Waals surface area contributed by atoms with E-state index in [1.165, 1.54) is 244 Å². The molecule has 0 spiro atoms. The van der Waals surface area contributed by atoms with Gasteiger partial charge in [0.05, 0.1) is 0 Å². The van der Waals surface area contributed by atoms with E-state index in [0.29, 0.717) is 19.3 Å². The van der Waals surface area contributed by atoms with Crippen LogP contribution in [0.5, 0.6) is 0 Å². The van der Waals surface area contributed by atoms with Crippen LogP contribution in [0.4, 0.5) is 0 Å². The Balaban J connectivity index is 4.28. The summed E-state index contributed by atoms with van der Waals surface area (Å²) in [5.41, 5.74) is 0. The van der Waals surface area contributed by atoms with Gasteiger partial charge in [-0.3, -0.25) is 14.4 Å². The molecule has 1 atom stereocenters. The van der Waals surface area contributed by atoms with Crippen LogP contribution in [0.1, 0.15) is 355 Å². The minimum absolute atomic E-state index is 0.0715. The van der Waals surface area contributed by atoms with Gasteiger partial charge in [-0.05, 0) is 77.0 Å². The number of carbonyl (C=O) groups is 3. The van der Waals surface area contributed by atoms with Crippen molar-refractivity contribution in [3.63, 3.8) is 0 Å². The highest BCUT2D eigenvalue weighted by Gasteiger charge is 2.19. The van der Waals surface area contributed by atoms with Gasteiger partial charge in [0.15, 0.2) is 6.10 Å². The van der Waals surface area contributed by atoms with Crippen molar-refractivity contribution in [2.45, 2.75) is 361 Å². The van der Waals surface area contributed by atoms with E-state index in [1.807, 2.05) is 0 Å². The predicted octanol–water partition coefficient (Wildman–Crippen LogP) is 22.0. The van der Waals surface area contributed by atoms with Gasteiger partial charge in [-0.25, -0.2) is 0 Å². The van der Waals surface area contributed by atoms with Crippen LogP contribution in [-0.4, -0.2) is 37.2 Å². The molecular weight excluding hydrogens is 901 g/mol. The van der Waals surface area contributed by atoms with Crippen molar-refractivity contribution in [2.24, 2.45) is 0 Å². The summed E-state index contributed by atoms with van der Waals surface area (Å²) in [6.45, 7) is 6.67. The van der Waals surface area contributed by atoms with E-state index in [9.17, 15) is 14.4 Å².